The Balaban J connectivity index is 1.58. The first-order valence-electron chi connectivity index (χ1n) is 8.26. The largest absolute Gasteiger partial charge is 0.352 e. The molecular weight excluding hydrogens is 332 g/mol. The van der Waals surface area contributed by atoms with Crippen LogP contribution in [0.2, 0.25) is 0 Å². The van der Waals surface area contributed by atoms with Gasteiger partial charge in [0.1, 0.15) is 6.33 Å². The second-order valence-corrected chi connectivity index (χ2v) is 6.71. The molecule has 0 spiro atoms. The van der Waals surface area contributed by atoms with Crippen molar-refractivity contribution in [2.24, 2.45) is 4.99 Å². The number of thiophene rings is 1. The summed E-state index contributed by atoms with van der Waals surface area (Å²) in [5.41, 5.74) is 1.04. The molecule has 130 valence electrons. The second-order valence-electron chi connectivity index (χ2n) is 5.45. The number of hydrogen-bond donors (Lipinski definition) is 2. The minimum absolute atomic E-state index is 0.541. The molecule has 0 aliphatic heterocycles. The van der Waals surface area contributed by atoms with Crippen LogP contribution in [-0.2, 0) is 19.5 Å². The van der Waals surface area contributed by atoms with Crippen molar-refractivity contribution in [1.82, 2.24) is 25.4 Å². The Labute approximate surface area is 151 Å². The van der Waals surface area contributed by atoms with E-state index in [1.54, 1.807) is 13.4 Å². The third-order valence-corrected chi connectivity index (χ3v) is 5.02. The zero-order valence-electron chi connectivity index (χ0n) is 14.4. The molecule has 0 atom stereocenters. The van der Waals surface area contributed by atoms with E-state index in [4.69, 9.17) is 0 Å². The molecule has 0 saturated heterocycles. The SMILES string of the molecule is CCc1ccc(CNC(=NC)NCc2nncn2-c2ccccc2)s1. The molecule has 25 heavy (non-hydrogen) atoms. The van der Waals surface area contributed by atoms with Crippen LogP contribution in [-0.4, -0.2) is 27.8 Å². The fourth-order valence-corrected chi connectivity index (χ4v) is 3.34. The van der Waals surface area contributed by atoms with Crippen LogP contribution in [0.25, 0.3) is 5.69 Å². The monoisotopic (exact) mass is 354 g/mol. The molecule has 2 aromatic heterocycles. The predicted molar refractivity (Wildman–Crippen MR) is 102 cm³/mol. The van der Waals surface area contributed by atoms with E-state index in [1.165, 1.54) is 9.75 Å². The summed E-state index contributed by atoms with van der Waals surface area (Å²) in [6.45, 7) is 3.47. The topological polar surface area (TPSA) is 67.1 Å². The van der Waals surface area contributed by atoms with Gasteiger partial charge in [-0.1, -0.05) is 25.1 Å². The van der Waals surface area contributed by atoms with Gasteiger partial charge >= 0.3 is 0 Å². The van der Waals surface area contributed by atoms with Crippen molar-refractivity contribution in [3.8, 4) is 5.69 Å². The van der Waals surface area contributed by atoms with Gasteiger partial charge in [-0.25, -0.2) is 0 Å². The Morgan fingerprint density at radius 3 is 2.56 bits per heavy atom. The van der Waals surface area contributed by atoms with Crippen LogP contribution in [0.3, 0.4) is 0 Å². The summed E-state index contributed by atoms with van der Waals surface area (Å²) in [6, 6.07) is 14.4. The van der Waals surface area contributed by atoms with Crippen molar-refractivity contribution < 1.29 is 0 Å². The number of rotatable bonds is 6. The Bertz CT molecular complexity index is 821. The maximum absolute atomic E-state index is 4.27. The number of aliphatic imine (C=N–C) groups is 1. The highest BCUT2D eigenvalue weighted by Crippen LogP contribution is 2.16. The maximum atomic E-state index is 4.27. The molecule has 2 N–H and O–H groups in total. The lowest BCUT2D eigenvalue weighted by Gasteiger charge is -2.12. The summed E-state index contributed by atoms with van der Waals surface area (Å²) < 4.78 is 1.97. The molecule has 0 amide bonds. The summed E-state index contributed by atoms with van der Waals surface area (Å²) in [4.78, 5) is 6.97. The van der Waals surface area contributed by atoms with E-state index in [2.05, 4.69) is 44.9 Å². The standard InChI is InChI=1S/C18H22N6S/c1-3-15-9-10-16(25-15)11-20-18(19-2)21-12-17-23-22-13-24(17)14-7-5-4-6-8-14/h4-10,13H,3,11-12H2,1-2H3,(H2,19,20,21). The van der Waals surface area contributed by atoms with E-state index in [0.717, 1.165) is 30.4 Å². The first-order valence-corrected chi connectivity index (χ1v) is 9.08. The third-order valence-electron chi connectivity index (χ3n) is 3.79. The smallest absolute Gasteiger partial charge is 0.191 e. The molecule has 3 aromatic rings. The molecule has 1 aromatic carbocycles. The molecule has 7 heteroatoms. The van der Waals surface area contributed by atoms with Crippen LogP contribution >= 0.6 is 11.3 Å². The minimum Gasteiger partial charge on any atom is -0.352 e. The number of guanidine groups is 1. The lowest BCUT2D eigenvalue weighted by Crippen LogP contribution is -2.36. The zero-order chi connectivity index (χ0) is 17.5. The third kappa shape index (κ3) is 4.45. The van der Waals surface area contributed by atoms with E-state index in [1.807, 2.05) is 46.2 Å². The van der Waals surface area contributed by atoms with E-state index < -0.39 is 0 Å². The lowest BCUT2D eigenvalue weighted by molar-refractivity contribution is 0.756. The molecule has 0 fully saturated rings. The average Bonchev–Trinajstić information content (AvgIpc) is 3.31. The van der Waals surface area contributed by atoms with Gasteiger partial charge in [-0.05, 0) is 30.7 Å². The van der Waals surface area contributed by atoms with E-state index in [0.29, 0.717) is 6.54 Å². The number of aromatic nitrogens is 3. The number of nitrogens with one attached hydrogen (secondary N) is 2. The second kappa shape index (κ2) is 8.43. The summed E-state index contributed by atoms with van der Waals surface area (Å²) in [7, 11) is 1.77. The van der Waals surface area contributed by atoms with Gasteiger partial charge in [-0.3, -0.25) is 9.56 Å². The number of benzene rings is 1. The van der Waals surface area contributed by atoms with Gasteiger partial charge in [0, 0.05) is 22.5 Å². The number of hydrogen-bond acceptors (Lipinski definition) is 4. The van der Waals surface area contributed by atoms with Crippen LogP contribution in [0, 0.1) is 0 Å². The van der Waals surface area contributed by atoms with E-state index >= 15 is 0 Å². The summed E-state index contributed by atoms with van der Waals surface area (Å²) in [5, 5.41) is 14.9. The minimum atomic E-state index is 0.541. The molecular formula is C18H22N6S. The Hall–Kier alpha value is -2.67. The summed E-state index contributed by atoms with van der Waals surface area (Å²) in [5.74, 6) is 1.58. The van der Waals surface area contributed by atoms with Crippen molar-refractivity contribution in [1.29, 1.82) is 0 Å². The first-order chi connectivity index (χ1) is 12.3. The predicted octanol–water partition coefficient (Wildman–Crippen LogP) is 2.76. The highest BCUT2D eigenvalue weighted by molar-refractivity contribution is 7.11. The first kappa shape index (κ1) is 17.2. The van der Waals surface area contributed by atoms with Gasteiger partial charge in [-0.15, -0.1) is 21.5 Å². The molecule has 0 aliphatic rings. The van der Waals surface area contributed by atoms with Gasteiger partial charge in [0.25, 0.3) is 0 Å². The Kier molecular flexibility index (Phi) is 5.79. The normalized spacial score (nSPS) is 11.5. The molecule has 2 heterocycles. The molecule has 6 nitrogen and oxygen atoms in total. The van der Waals surface area contributed by atoms with Crippen molar-refractivity contribution in [3.05, 3.63) is 64.4 Å². The molecule has 0 bridgehead atoms. The molecule has 0 unspecified atom stereocenters. The molecule has 0 aliphatic carbocycles. The van der Waals surface area contributed by atoms with Crippen LogP contribution in [0.15, 0.2) is 53.8 Å². The Morgan fingerprint density at radius 2 is 1.84 bits per heavy atom. The number of aryl methyl sites for hydroxylation is 1. The summed E-state index contributed by atoms with van der Waals surface area (Å²) in [6.07, 6.45) is 2.80. The molecule has 3 rings (SSSR count). The quantitative estimate of drug-likeness (QED) is 0.528. The number of para-hydroxylation sites is 1. The van der Waals surface area contributed by atoms with Gasteiger partial charge in [0.05, 0.1) is 13.1 Å². The van der Waals surface area contributed by atoms with Crippen LogP contribution < -0.4 is 10.6 Å². The fourth-order valence-electron chi connectivity index (χ4n) is 2.45. The Morgan fingerprint density at radius 1 is 1.08 bits per heavy atom. The maximum Gasteiger partial charge on any atom is 0.191 e. The highest BCUT2D eigenvalue weighted by Gasteiger charge is 2.07. The van der Waals surface area contributed by atoms with Crippen molar-refractivity contribution >= 4 is 17.3 Å². The number of nitrogens with zero attached hydrogens (tertiary/aromatic N) is 4. The van der Waals surface area contributed by atoms with Gasteiger partial charge < -0.3 is 10.6 Å². The van der Waals surface area contributed by atoms with Crippen LogP contribution in [0.1, 0.15) is 22.5 Å². The van der Waals surface area contributed by atoms with Crippen molar-refractivity contribution in [2.75, 3.05) is 7.05 Å². The van der Waals surface area contributed by atoms with Gasteiger partial charge in [0.15, 0.2) is 11.8 Å². The average molecular weight is 354 g/mol. The summed E-state index contributed by atoms with van der Waals surface area (Å²) >= 11 is 1.83. The van der Waals surface area contributed by atoms with Crippen molar-refractivity contribution in [2.45, 2.75) is 26.4 Å². The molecule has 0 saturated carbocycles. The highest BCUT2D eigenvalue weighted by atomic mass is 32.1. The lowest BCUT2D eigenvalue weighted by atomic mass is 10.3. The van der Waals surface area contributed by atoms with Crippen LogP contribution in [0.5, 0.6) is 0 Å². The van der Waals surface area contributed by atoms with E-state index in [-0.39, 0.29) is 0 Å². The fraction of sp³-hybridized carbons (Fsp3) is 0.278. The zero-order valence-corrected chi connectivity index (χ0v) is 15.3. The van der Waals surface area contributed by atoms with Crippen LogP contribution in [0.4, 0.5) is 0 Å². The van der Waals surface area contributed by atoms with E-state index in [9.17, 15) is 0 Å². The van der Waals surface area contributed by atoms with Gasteiger partial charge in [0.2, 0.25) is 0 Å². The van der Waals surface area contributed by atoms with Crippen molar-refractivity contribution in [3.63, 3.8) is 0 Å². The van der Waals surface area contributed by atoms with Gasteiger partial charge in [-0.2, -0.15) is 0 Å². The molecule has 0 radical (unpaired) electrons.